The summed E-state index contributed by atoms with van der Waals surface area (Å²) in [6.07, 6.45) is 2.48. The van der Waals surface area contributed by atoms with Crippen LogP contribution in [0.2, 0.25) is 5.02 Å². The molecule has 8 heteroatoms. The normalized spacial score (nSPS) is 19.2. The van der Waals surface area contributed by atoms with Crippen LogP contribution in [-0.4, -0.2) is 25.7 Å². The molecule has 2 atom stereocenters. The molecule has 2 aromatic heterocycles. The molecule has 0 saturated heterocycles. The van der Waals surface area contributed by atoms with E-state index in [1.807, 2.05) is 31.2 Å². The minimum atomic E-state index is -2.90. The number of alkyl halides is 2. The number of fused-ring (bicyclic) bond motifs is 6. The quantitative estimate of drug-likeness (QED) is 0.445. The standard InChI is InChI=1S/C21H15ClF2N4O/c1-10-25-9-17-12-3-2-4-18(29-21(23)24)19(12)15-8-16(27(10)17)20-26-13-6-5-11(22)7-14(13)28(15)20/h2-7,9,15-16,21H,8H2,1H3/t15-,16+/m0/s1. The van der Waals surface area contributed by atoms with E-state index in [-0.39, 0.29) is 17.8 Å². The SMILES string of the molecule is Cc1ncc2n1[C@@H]1C[C@@H](c3c(OC(F)F)cccc3-2)n2c1nc1ccc(Cl)cc12. The molecule has 0 N–H and O–H groups in total. The van der Waals surface area contributed by atoms with Gasteiger partial charge in [0.1, 0.15) is 17.4 Å². The van der Waals surface area contributed by atoms with Crippen molar-refractivity contribution < 1.29 is 13.5 Å². The van der Waals surface area contributed by atoms with Crippen LogP contribution in [0, 0.1) is 6.92 Å². The van der Waals surface area contributed by atoms with Gasteiger partial charge in [0.15, 0.2) is 0 Å². The Kier molecular flexibility index (Phi) is 3.39. The van der Waals surface area contributed by atoms with E-state index >= 15 is 0 Å². The molecule has 0 amide bonds. The van der Waals surface area contributed by atoms with Crippen LogP contribution in [0.3, 0.4) is 0 Å². The van der Waals surface area contributed by atoms with E-state index in [0.717, 1.165) is 39.5 Å². The van der Waals surface area contributed by atoms with Crippen LogP contribution in [0.15, 0.2) is 42.6 Å². The number of ether oxygens (including phenoxy) is 1. The highest BCUT2D eigenvalue weighted by Gasteiger charge is 2.43. The van der Waals surface area contributed by atoms with Gasteiger partial charge in [0, 0.05) is 22.6 Å². The van der Waals surface area contributed by atoms with E-state index in [4.69, 9.17) is 21.3 Å². The highest BCUT2D eigenvalue weighted by molar-refractivity contribution is 6.31. The number of benzene rings is 2. The van der Waals surface area contributed by atoms with Crippen molar-refractivity contribution in [2.24, 2.45) is 0 Å². The maximum Gasteiger partial charge on any atom is 0.387 e. The molecule has 0 spiro atoms. The molecule has 2 bridgehead atoms. The molecule has 29 heavy (non-hydrogen) atoms. The van der Waals surface area contributed by atoms with Crippen molar-refractivity contribution in [2.45, 2.75) is 32.0 Å². The molecule has 0 aliphatic carbocycles. The molecule has 2 aromatic carbocycles. The largest absolute Gasteiger partial charge is 0.434 e. The lowest BCUT2D eigenvalue weighted by Gasteiger charge is -2.22. The Bertz CT molecular complexity index is 1300. The zero-order chi connectivity index (χ0) is 19.9. The van der Waals surface area contributed by atoms with Crippen LogP contribution < -0.4 is 4.74 Å². The fraction of sp³-hybridized carbons (Fsp3) is 0.238. The maximum absolute atomic E-state index is 13.2. The van der Waals surface area contributed by atoms with Gasteiger partial charge in [-0.05, 0) is 31.2 Å². The molecule has 4 aromatic rings. The van der Waals surface area contributed by atoms with Crippen molar-refractivity contribution in [1.29, 1.82) is 0 Å². The Morgan fingerprint density at radius 2 is 2.03 bits per heavy atom. The number of nitrogens with zero attached hydrogens (tertiary/aromatic N) is 4. The van der Waals surface area contributed by atoms with Gasteiger partial charge in [0.25, 0.3) is 0 Å². The predicted molar refractivity (Wildman–Crippen MR) is 105 cm³/mol. The number of aryl methyl sites for hydroxylation is 1. The zero-order valence-electron chi connectivity index (χ0n) is 15.3. The Hall–Kier alpha value is -2.93. The fourth-order valence-corrected chi connectivity index (χ4v) is 5.06. The highest BCUT2D eigenvalue weighted by Crippen LogP contribution is 2.52. The third-order valence-electron chi connectivity index (χ3n) is 5.92. The van der Waals surface area contributed by atoms with Gasteiger partial charge in [-0.1, -0.05) is 23.7 Å². The van der Waals surface area contributed by atoms with Crippen molar-refractivity contribution >= 4 is 22.6 Å². The second-order valence-electron chi connectivity index (χ2n) is 7.40. The predicted octanol–water partition coefficient (Wildman–Crippen LogP) is 5.36. The van der Waals surface area contributed by atoms with Crippen molar-refractivity contribution in [1.82, 2.24) is 19.1 Å². The van der Waals surface area contributed by atoms with E-state index in [1.165, 1.54) is 0 Å². The second kappa shape index (κ2) is 5.79. The maximum atomic E-state index is 13.2. The van der Waals surface area contributed by atoms with Crippen molar-refractivity contribution in [3.8, 4) is 17.0 Å². The smallest absolute Gasteiger partial charge is 0.387 e. The average molecular weight is 413 g/mol. The highest BCUT2D eigenvalue weighted by atomic mass is 35.5. The van der Waals surface area contributed by atoms with E-state index in [2.05, 4.69) is 14.1 Å². The van der Waals surface area contributed by atoms with Crippen molar-refractivity contribution in [3.05, 3.63) is 64.8 Å². The third kappa shape index (κ3) is 2.25. The van der Waals surface area contributed by atoms with Crippen molar-refractivity contribution in [3.63, 3.8) is 0 Å². The first-order valence-corrected chi connectivity index (χ1v) is 9.70. The minimum Gasteiger partial charge on any atom is -0.434 e. The molecular weight excluding hydrogens is 398 g/mol. The minimum absolute atomic E-state index is 0.0459. The van der Waals surface area contributed by atoms with E-state index in [1.54, 1.807) is 18.3 Å². The summed E-state index contributed by atoms with van der Waals surface area (Å²) in [5.74, 6) is 1.92. The van der Waals surface area contributed by atoms with Crippen molar-refractivity contribution in [2.75, 3.05) is 0 Å². The van der Waals surface area contributed by atoms with E-state index in [0.29, 0.717) is 11.4 Å². The van der Waals surface area contributed by atoms with E-state index < -0.39 is 6.61 Å². The summed E-state index contributed by atoms with van der Waals surface area (Å²) in [5.41, 5.74) is 4.19. The molecule has 0 fully saturated rings. The topological polar surface area (TPSA) is 44.9 Å². The average Bonchev–Trinajstić information content (AvgIpc) is 3.30. The molecule has 0 radical (unpaired) electrons. The molecule has 6 rings (SSSR count). The number of hydrogen-bond acceptors (Lipinski definition) is 3. The van der Waals surface area contributed by atoms with Crippen LogP contribution in [-0.2, 0) is 0 Å². The van der Waals surface area contributed by atoms with Gasteiger partial charge in [0.05, 0.1) is 35.0 Å². The fourth-order valence-electron chi connectivity index (χ4n) is 4.89. The molecule has 4 heterocycles. The molecule has 2 aliphatic heterocycles. The van der Waals surface area contributed by atoms with Crippen LogP contribution in [0.5, 0.6) is 5.75 Å². The number of rotatable bonds is 2. The lowest BCUT2D eigenvalue weighted by molar-refractivity contribution is -0.0506. The van der Waals surface area contributed by atoms with E-state index in [9.17, 15) is 8.78 Å². The summed E-state index contributed by atoms with van der Waals surface area (Å²) < 4.78 is 35.6. The number of hydrogen-bond donors (Lipinski definition) is 0. The summed E-state index contributed by atoms with van der Waals surface area (Å²) in [4.78, 5) is 9.37. The van der Waals surface area contributed by atoms with Gasteiger partial charge in [-0.3, -0.25) is 0 Å². The van der Waals surface area contributed by atoms with Gasteiger partial charge < -0.3 is 13.9 Å². The lowest BCUT2D eigenvalue weighted by atomic mass is 9.96. The summed E-state index contributed by atoms with van der Waals surface area (Å²) >= 11 is 6.26. The second-order valence-corrected chi connectivity index (χ2v) is 7.83. The Morgan fingerprint density at radius 3 is 2.86 bits per heavy atom. The van der Waals surface area contributed by atoms with Gasteiger partial charge >= 0.3 is 6.61 Å². The summed E-state index contributed by atoms with van der Waals surface area (Å²) in [5, 5.41) is 0.608. The van der Waals surface area contributed by atoms with Gasteiger partial charge in [-0.2, -0.15) is 8.78 Å². The Balaban J connectivity index is 1.73. The number of halogens is 3. The van der Waals surface area contributed by atoms with Crippen LogP contribution in [0.4, 0.5) is 8.78 Å². The molecule has 5 nitrogen and oxygen atoms in total. The first kappa shape index (κ1) is 17.0. The zero-order valence-corrected chi connectivity index (χ0v) is 16.1. The number of imidazole rings is 2. The molecule has 0 saturated carbocycles. The summed E-state index contributed by atoms with van der Waals surface area (Å²) in [6.45, 7) is -0.951. The molecule has 2 aliphatic rings. The third-order valence-corrected chi connectivity index (χ3v) is 6.16. The van der Waals surface area contributed by atoms with Gasteiger partial charge in [0.2, 0.25) is 0 Å². The lowest BCUT2D eigenvalue weighted by Crippen LogP contribution is -2.13. The van der Waals surface area contributed by atoms with Crippen LogP contribution in [0.1, 0.15) is 35.7 Å². The molecule has 0 unspecified atom stereocenters. The Labute approximate surface area is 169 Å². The first-order chi connectivity index (χ1) is 14.0. The monoisotopic (exact) mass is 412 g/mol. The first-order valence-electron chi connectivity index (χ1n) is 9.32. The van der Waals surface area contributed by atoms with Gasteiger partial charge in [-0.15, -0.1) is 0 Å². The molecular formula is C21H15ClF2N4O. The molecule has 146 valence electrons. The summed E-state index contributed by atoms with van der Waals surface area (Å²) in [7, 11) is 0. The Morgan fingerprint density at radius 1 is 1.17 bits per heavy atom. The van der Waals surface area contributed by atoms with Crippen LogP contribution in [0.25, 0.3) is 22.3 Å². The summed E-state index contributed by atoms with van der Waals surface area (Å²) in [6, 6.07) is 10.6. The van der Waals surface area contributed by atoms with Gasteiger partial charge in [-0.25, -0.2) is 9.97 Å². The van der Waals surface area contributed by atoms with Crippen LogP contribution >= 0.6 is 11.6 Å². The number of aromatic nitrogens is 4.